The Morgan fingerprint density at radius 3 is 2.29 bits per heavy atom. The number of carboxylic acids is 1. The lowest BCUT2D eigenvalue weighted by Crippen LogP contribution is -2.54. The number of likely N-dealkylation sites (tertiary alicyclic amines) is 1. The van der Waals surface area contributed by atoms with E-state index in [-0.39, 0.29) is 29.7 Å². The molecule has 3 saturated heterocycles. The van der Waals surface area contributed by atoms with Crippen molar-refractivity contribution in [2.45, 2.75) is 65.0 Å². The summed E-state index contributed by atoms with van der Waals surface area (Å²) in [5, 5.41) is 11.6. The molecule has 1 aromatic rings. The molecule has 10 heteroatoms. The van der Waals surface area contributed by atoms with Gasteiger partial charge < -0.3 is 10.0 Å². The van der Waals surface area contributed by atoms with Gasteiger partial charge >= 0.3 is 5.97 Å². The van der Waals surface area contributed by atoms with Crippen molar-refractivity contribution in [3.63, 3.8) is 0 Å². The van der Waals surface area contributed by atoms with Gasteiger partial charge in [-0.2, -0.15) is 0 Å². The Bertz CT molecular complexity index is 1180. The normalized spacial score (nSPS) is 26.1. The zero-order valence-electron chi connectivity index (χ0n) is 22.2. The predicted molar refractivity (Wildman–Crippen MR) is 139 cm³/mol. The third kappa shape index (κ3) is 4.70. The van der Waals surface area contributed by atoms with Crippen molar-refractivity contribution in [2.24, 2.45) is 17.3 Å². The fourth-order valence-electron chi connectivity index (χ4n) is 6.91. The van der Waals surface area contributed by atoms with Crippen LogP contribution in [0.25, 0.3) is 0 Å². The summed E-state index contributed by atoms with van der Waals surface area (Å²) in [5.41, 5.74) is 1.46. The van der Waals surface area contributed by atoms with Crippen LogP contribution in [0.15, 0.2) is 18.2 Å². The van der Waals surface area contributed by atoms with Crippen LogP contribution in [0.2, 0.25) is 0 Å². The highest BCUT2D eigenvalue weighted by molar-refractivity contribution is 6.23. The van der Waals surface area contributed by atoms with E-state index < -0.39 is 35.6 Å². The van der Waals surface area contributed by atoms with Crippen LogP contribution in [0.4, 0.5) is 5.69 Å². The number of carbonyl (C=O) groups excluding carboxylic acids is 4. The molecule has 2 N–H and O–H groups in total. The number of amides is 4. The highest BCUT2D eigenvalue weighted by atomic mass is 16.4. The summed E-state index contributed by atoms with van der Waals surface area (Å²) >= 11 is 0. The molecule has 2 unspecified atom stereocenters. The van der Waals surface area contributed by atoms with Crippen LogP contribution >= 0.6 is 0 Å². The van der Waals surface area contributed by atoms with Crippen molar-refractivity contribution in [1.82, 2.24) is 15.1 Å². The van der Waals surface area contributed by atoms with Gasteiger partial charge in [-0.3, -0.25) is 39.1 Å². The molecule has 0 radical (unpaired) electrons. The highest BCUT2D eigenvalue weighted by Crippen LogP contribution is 2.39. The monoisotopic (exact) mass is 524 g/mol. The average molecular weight is 525 g/mol. The van der Waals surface area contributed by atoms with Crippen molar-refractivity contribution in [2.75, 3.05) is 31.1 Å². The predicted octanol–water partition coefficient (Wildman–Crippen LogP) is 2.13. The number of anilines is 1. The molecule has 0 spiro atoms. The number of nitrogens with one attached hydrogen (secondary N) is 1. The number of piperidine rings is 2. The Balaban J connectivity index is 1.31. The van der Waals surface area contributed by atoms with Crippen LogP contribution < -0.4 is 10.2 Å². The maximum absolute atomic E-state index is 13.3. The number of imide groups is 2. The Labute approximate surface area is 222 Å². The minimum absolute atomic E-state index is 0.0134. The Morgan fingerprint density at radius 1 is 0.974 bits per heavy atom. The first-order valence-corrected chi connectivity index (χ1v) is 13.5. The van der Waals surface area contributed by atoms with Crippen LogP contribution in [-0.2, 0) is 14.4 Å². The van der Waals surface area contributed by atoms with Crippen LogP contribution in [0.1, 0.15) is 73.6 Å². The molecular weight excluding hydrogens is 488 g/mol. The fourth-order valence-corrected chi connectivity index (χ4v) is 6.91. The van der Waals surface area contributed by atoms with Gasteiger partial charge in [0, 0.05) is 31.2 Å². The molecule has 4 aliphatic heterocycles. The molecule has 5 rings (SSSR count). The van der Waals surface area contributed by atoms with Gasteiger partial charge in [-0.1, -0.05) is 20.8 Å². The van der Waals surface area contributed by atoms with E-state index in [0.717, 1.165) is 43.2 Å². The molecule has 10 nitrogen and oxygen atoms in total. The number of rotatable bonds is 5. The molecule has 4 aliphatic rings. The summed E-state index contributed by atoms with van der Waals surface area (Å²) in [5.74, 6) is -2.59. The second-order valence-electron chi connectivity index (χ2n) is 12.1. The summed E-state index contributed by atoms with van der Waals surface area (Å²) < 4.78 is 0. The number of carbonyl (C=O) groups is 5. The first-order chi connectivity index (χ1) is 18.0. The van der Waals surface area contributed by atoms with Gasteiger partial charge in [0.05, 0.1) is 17.0 Å². The number of carboxylic acid groups (broad SMARTS) is 1. The lowest BCUT2D eigenvalue weighted by Gasteiger charge is -2.46. The zero-order valence-corrected chi connectivity index (χ0v) is 22.2. The topological polar surface area (TPSA) is 127 Å². The molecule has 1 aromatic carbocycles. The average Bonchev–Trinajstić information content (AvgIpc) is 3.42. The molecule has 38 heavy (non-hydrogen) atoms. The maximum Gasteiger partial charge on any atom is 0.306 e. The fraction of sp³-hybridized carbons (Fsp3) is 0.607. The Hall–Kier alpha value is -3.27. The van der Waals surface area contributed by atoms with Crippen molar-refractivity contribution in [1.29, 1.82) is 0 Å². The summed E-state index contributed by atoms with van der Waals surface area (Å²) in [6, 6.07) is 4.61. The lowest BCUT2D eigenvalue weighted by molar-refractivity contribution is -0.144. The van der Waals surface area contributed by atoms with Crippen LogP contribution in [0.3, 0.4) is 0 Å². The van der Waals surface area contributed by atoms with E-state index >= 15 is 0 Å². The number of hydrogen-bond acceptors (Lipinski definition) is 7. The number of hydrogen-bond donors (Lipinski definition) is 2. The van der Waals surface area contributed by atoms with E-state index in [1.807, 2.05) is 6.07 Å². The summed E-state index contributed by atoms with van der Waals surface area (Å²) in [6.45, 7) is 9.91. The number of aliphatic carboxylic acids is 1. The van der Waals surface area contributed by atoms with Gasteiger partial charge in [0.2, 0.25) is 11.8 Å². The standard InChI is InChI=1S/C28H36N4O6/c1-28(2,3)23(30-11-8-16(9-12-30)27(37)38)17-10-13-31(15-17)18-4-5-19-20(14-18)26(36)32(25(19)35)21-6-7-22(33)29-24(21)34/h4-5,14,16-17,21,23H,6-13,15H2,1-3H3,(H,37,38)(H,29,33,34)/t17-,21?,23?/m1/s1. The van der Waals surface area contributed by atoms with E-state index in [2.05, 4.69) is 35.9 Å². The van der Waals surface area contributed by atoms with Crippen molar-refractivity contribution >= 4 is 35.3 Å². The maximum atomic E-state index is 13.3. The molecule has 3 atom stereocenters. The number of benzene rings is 1. The van der Waals surface area contributed by atoms with E-state index in [0.29, 0.717) is 30.4 Å². The summed E-state index contributed by atoms with van der Waals surface area (Å²) in [4.78, 5) is 67.3. The third-order valence-corrected chi connectivity index (χ3v) is 8.62. The van der Waals surface area contributed by atoms with E-state index in [1.165, 1.54) is 0 Å². The number of fused-ring (bicyclic) bond motifs is 1. The quantitative estimate of drug-likeness (QED) is 0.561. The van der Waals surface area contributed by atoms with Crippen molar-refractivity contribution < 1.29 is 29.1 Å². The van der Waals surface area contributed by atoms with Crippen LogP contribution in [0.5, 0.6) is 0 Å². The molecule has 4 amide bonds. The largest absolute Gasteiger partial charge is 0.481 e. The molecule has 3 fully saturated rings. The van der Waals surface area contributed by atoms with Gasteiger partial charge in [0.15, 0.2) is 0 Å². The van der Waals surface area contributed by atoms with Gasteiger partial charge in [0.25, 0.3) is 11.8 Å². The van der Waals surface area contributed by atoms with E-state index in [1.54, 1.807) is 12.1 Å². The first-order valence-electron chi connectivity index (χ1n) is 13.5. The Kier molecular flexibility index (Phi) is 6.79. The van der Waals surface area contributed by atoms with Gasteiger partial charge in [0.1, 0.15) is 6.04 Å². The molecule has 0 aromatic heterocycles. The molecule has 204 valence electrons. The van der Waals surface area contributed by atoms with Crippen LogP contribution in [-0.4, -0.2) is 82.8 Å². The number of nitrogens with zero attached hydrogens (tertiary/aromatic N) is 3. The van der Waals surface area contributed by atoms with E-state index in [4.69, 9.17) is 0 Å². The van der Waals surface area contributed by atoms with Crippen molar-refractivity contribution in [3.05, 3.63) is 29.3 Å². The minimum atomic E-state index is -0.975. The molecule has 4 heterocycles. The van der Waals surface area contributed by atoms with Gasteiger partial charge in [-0.15, -0.1) is 0 Å². The third-order valence-electron chi connectivity index (χ3n) is 8.62. The summed E-state index contributed by atoms with van der Waals surface area (Å²) in [7, 11) is 0. The molecular formula is C28H36N4O6. The second-order valence-corrected chi connectivity index (χ2v) is 12.1. The highest BCUT2D eigenvalue weighted by Gasteiger charge is 2.46. The van der Waals surface area contributed by atoms with E-state index in [9.17, 15) is 29.1 Å². The zero-order chi connectivity index (χ0) is 27.4. The van der Waals surface area contributed by atoms with Crippen LogP contribution in [0, 0.1) is 17.3 Å². The molecule has 0 saturated carbocycles. The molecule has 0 aliphatic carbocycles. The summed E-state index contributed by atoms with van der Waals surface area (Å²) in [6.07, 6.45) is 2.54. The Morgan fingerprint density at radius 2 is 1.66 bits per heavy atom. The second kappa shape index (κ2) is 9.80. The first kappa shape index (κ1) is 26.3. The SMILES string of the molecule is CC(C)(C)C([C@@H]1CCN(c2ccc3c(c2)C(=O)N(C2CCC(=O)NC2=O)C3=O)C1)N1CCC(C(=O)O)CC1. The minimum Gasteiger partial charge on any atom is -0.481 e. The van der Waals surface area contributed by atoms with Gasteiger partial charge in [-0.25, -0.2) is 0 Å². The lowest BCUT2D eigenvalue weighted by atomic mass is 9.76. The van der Waals surface area contributed by atoms with Crippen molar-refractivity contribution in [3.8, 4) is 0 Å². The smallest absolute Gasteiger partial charge is 0.306 e. The molecule has 0 bridgehead atoms. The van der Waals surface area contributed by atoms with Gasteiger partial charge in [-0.05, 0) is 68.3 Å².